The Bertz CT molecular complexity index is 524. The Labute approximate surface area is 112 Å². The molecule has 1 unspecified atom stereocenters. The molecule has 5 nitrogen and oxygen atoms in total. The van der Waals surface area contributed by atoms with Crippen LogP contribution in [-0.2, 0) is 17.4 Å². The summed E-state index contributed by atoms with van der Waals surface area (Å²) >= 11 is 1.67. The molecule has 1 aromatic rings. The van der Waals surface area contributed by atoms with Crippen molar-refractivity contribution < 1.29 is 13.7 Å². The predicted octanol–water partition coefficient (Wildman–Crippen LogP) is 2.74. The standard InChI is InChI=1S/C10H13IN2O3S/c1-2-16-10(14)13-17(11,15)7-8-4-3-5-9(12)6-8/h3-6H,2,7,12H2,1H3. The van der Waals surface area contributed by atoms with Crippen molar-refractivity contribution in [2.75, 3.05) is 12.3 Å². The van der Waals surface area contributed by atoms with Crippen LogP contribution in [0.15, 0.2) is 28.6 Å². The molecule has 0 saturated carbocycles. The highest BCUT2D eigenvalue weighted by atomic mass is 127. The highest BCUT2D eigenvalue weighted by Gasteiger charge is 2.10. The van der Waals surface area contributed by atoms with Gasteiger partial charge < -0.3 is 10.5 Å². The van der Waals surface area contributed by atoms with Crippen LogP contribution in [0.1, 0.15) is 12.5 Å². The normalized spacial score (nSPS) is 13.8. The van der Waals surface area contributed by atoms with Gasteiger partial charge in [-0.2, -0.15) is 0 Å². The number of anilines is 1. The van der Waals surface area contributed by atoms with Crippen LogP contribution in [0.25, 0.3) is 0 Å². The Morgan fingerprint density at radius 3 is 2.88 bits per heavy atom. The largest absolute Gasteiger partial charge is 0.448 e. The van der Waals surface area contributed by atoms with Crippen molar-refractivity contribution in [1.29, 1.82) is 0 Å². The van der Waals surface area contributed by atoms with E-state index in [-0.39, 0.29) is 12.4 Å². The zero-order valence-corrected chi connectivity index (χ0v) is 12.2. The van der Waals surface area contributed by atoms with E-state index < -0.39 is 13.0 Å². The van der Waals surface area contributed by atoms with Crippen LogP contribution in [-0.4, -0.2) is 16.9 Å². The number of benzene rings is 1. The molecule has 0 aromatic heterocycles. The number of nitrogens with two attached hydrogens (primary N) is 1. The van der Waals surface area contributed by atoms with E-state index >= 15 is 0 Å². The van der Waals surface area contributed by atoms with E-state index in [1.807, 2.05) is 0 Å². The second kappa shape index (κ2) is 6.20. The van der Waals surface area contributed by atoms with Crippen molar-refractivity contribution in [3.63, 3.8) is 0 Å². The number of amides is 1. The molecule has 17 heavy (non-hydrogen) atoms. The summed E-state index contributed by atoms with van der Waals surface area (Å²) in [6.07, 6.45) is -0.796. The maximum atomic E-state index is 12.0. The van der Waals surface area contributed by atoms with Gasteiger partial charge in [0, 0.05) is 26.9 Å². The number of nitrogen functional groups attached to an aromatic ring is 1. The van der Waals surface area contributed by atoms with Gasteiger partial charge in [-0.15, -0.1) is 4.36 Å². The zero-order chi connectivity index (χ0) is 12.9. The number of rotatable bonds is 3. The molecule has 0 aliphatic rings. The number of hydrogen-bond acceptors (Lipinski definition) is 4. The summed E-state index contributed by atoms with van der Waals surface area (Å²) in [4.78, 5) is 11.1. The van der Waals surface area contributed by atoms with Gasteiger partial charge >= 0.3 is 6.09 Å². The predicted molar refractivity (Wildman–Crippen MR) is 76.2 cm³/mol. The Morgan fingerprint density at radius 1 is 1.59 bits per heavy atom. The summed E-state index contributed by atoms with van der Waals surface area (Å²) in [6.45, 7) is -0.776. The van der Waals surface area contributed by atoms with Crippen molar-refractivity contribution in [2.24, 2.45) is 4.36 Å². The van der Waals surface area contributed by atoms with Crippen LogP contribution >= 0.6 is 21.2 Å². The first-order valence-electron chi connectivity index (χ1n) is 4.88. The second-order valence-electron chi connectivity index (χ2n) is 3.24. The molecule has 0 spiro atoms. The molecular weight excluding hydrogens is 355 g/mol. The maximum absolute atomic E-state index is 12.0. The van der Waals surface area contributed by atoms with Crippen molar-refractivity contribution in [2.45, 2.75) is 12.7 Å². The van der Waals surface area contributed by atoms with Gasteiger partial charge in [0.15, 0.2) is 0 Å². The van der Waals surface area contributed by atoms with E-state index in [1.165, 1.54) is 0 Å². The minimum Gasteiger partial charge on any atom is -0.448 e. The fraction of sp³-hybridized carbons (Fsp3) is 0.300. The van der Waals surface area contributed by atoms with Gasteiger partial charge in [0.05, 0.1) is 12.4 Å². The van der Waals surface area contributed by atoms with Crippen molar-refractivity contribution in [1.82, 2.24) is 0 Å². The Hall–Kier alpha value is -0.830. The molecule has 94 valence electrons. The molecule has 0 aliphatic heterocycles. The lowest BCUT2D eigenvalue weighted by atomic mass is 10.2. The molecule has 0 heterocycles. The van der Waals surface area contributed by atoms with E-state index in [0.717, 1.165) is 5.56 Å². The number of ether oxygens (including phenoxy) is 1. The molecule has 0 radical (unpaired) electrons. The van der Waals surface area contributed by atoms with Gasteiger partial charge in [0.2, 0.25) is 0 Å². The molecule has 1 aromatic carbocycles. The highest BCUT2D eigenvalue weighted by molar-refractivity contribution is 14.2. The van der Waals surface area contributed by atoms with E-state index in [9.17, 15) is 9.00 Å². The van der Waals surface area contributed by atoms with E-state index in [4.69, 9.17) is 5.73 Å². The van der Waals surface area contributed by atoms with Crippen molar-refractivity contribution in [3.05, 3.63) is 29.8 Å². The first-order chi connectivity index (χ1) is 7.93. The van der Waals surface area contributed by atoms with Crippen LogP contribution in [0.5, 0.6) is 0 Å². The average Bonchev–Trinajstić information content (AvgIpc) is 2.15. The van der Waals surface area contributed by atoms with Crippen LogP contribution in [0.3, 0.4) is 0 Å². The van der Waals surface area contributed by atoms with Gasteiger partial charge in [-0.25, -0.2) is 9.00 Å². The van der Waals surface area contributed by atoms with Crippen molar-refractivity contribution in [3.8, 4) is 0 Å². The monoisotopic (exact) mass is 368 g/mol. The summed E-state index contributed by atoms with van der Waals surface area (Å²) in [5.41, 5.74) is 6.97. The third kappa shape index (κ3) is 5.35. The number of nitrogens with zero attached hydrogens (tertiary/aromatic N) is 1. The third-order valence-corrected chi connectivity index (χ3v) is 4.41. The summed E-state index contributed by atoms with van der Waals surface area (Å²) in [7, 11) is 0. The summed E-state index contributed by atoms with van der Waals surface area (Å²) in [5.74, 6) is 0.164. The van der Waals surface area contributed by atoms with Crippen LogP contribution in [0.2, 0.25) is 0 Å². The number of hydrogen-bond donors (Lipinski definition) is 1. The smallest absolute Gasteiger partial charge is 0.442 e. The van der Waals surface area contributed by atoms with Crippen molar-refractivity contribution >= 4 is 39.9 Å². The lowest BCUT2D eigenvalue weighted by Gasteiger charge is -2.03. The van der Waals surface area contributed by atoms with Crippen LogP contribution in [0, 0.1) is 0 Å². The minimum absolute atomic E-state index is 0.164. The van der Waals surface area contributed by atoms with Gasteiger partial charge in [0.1, 0.15) is 6.90 Å². The third-order valence-electron chi connectivity index (χ3n) is 1.77. The first-order valence-corrected chi connectivity index (χ1v) is 9.11. The van der Waals surface area contributed by atoms with Gasteiger partial charge in [-0.05, 0) is 24.6 Å². The number of carbonyl (C=O) groups excluding carboxylic acids is 1. The fourth-order valence-electron chi connectivity index (χ4n) is 1.18. The topological polar surface area (TPSA) is 81.8 Å². The molecule has 0 fully saturated rings. The fourth-order valence-corrected chi connectivity index (χ4v) is 3.67. The maximum Gasteiger partial charge on any atom is 0.442 e. The average molecular weight is 368 g/mol. The van der Waals surface area contributed by atoms with E-state index in [0.29, 0.717) is 5.69 Å². The SMILES string of the molecule is CCOC(=O)N=S(=O)(I)Cc1cccc(N)c1. The highest BCUT2D eigenvalue weighted by Crippen LogP contribution is 2.17. The molecule has 0 saturated heterocycles. The van der Waals surface area contributed by atoms with Crippen LogP contribution < -0.4 is 5.73 Å². The van der Waals surface area contributed by atoms with Gasteiger partial charge in [0.25, 0.3) is 0 Å². The summed E-state index contributed by atoms with van der Waals surface area (Å²) in [6, 6.07) is 7.00. The molecule has 2 N–H and O–H groups in total. The molecule has 1 amide bonds. The van der Waals surface area contributed by atoms with E-state index in [2.05, 4.69) is 9.10 Å². The van der Waals surface area contributed by atoms with Gasteiger partial charge in [-0.1, -0.05) is 12.1 Å². The molecule has 1 rings (SSSR count). The molecule has 0 aliphatic carbocycles. The lowest BCUT2D eigenvalue weighted by Crippen LogP contribution is -2.03. The molecule has 7 heteroatoms. The van der Waals surface area contributed by atoms with E-state index in [1.54, 1.807) is 52.4 Å². The molecule has 0 bridgehead atoms. The molecular formula is C10H13IN2O3S. The quantitative estimate of drug-likeness (QED) is 0.505. The summed E-state index contributed by atoms with van der Waals surface area (Å²) < 4.78 is 20.2. The Balaban J connectivity index is 2.86. The van der Waals surface area contributed by atoms with Gasteiger partial charge in [-0.3, -0.25) is 0 Å². The summed E-state index contributed by atoms with van der Waals surface area (Å²) in [5, 5.41) is 0. The number of carbonyl (C=O) groups is 1. The van der Waals surface area contributed by atoms with Crippen LogP contribution in [0.4, 0.5) is 10.5 Å². The Kier molecular flexibility index (Phi) is 5.19. The minimum atomic E-state index is -2.66. The second-order valence-corrected chi connectivity index (χ2v) is 8.97. The zero-order valence-electron chi connectivity index (χ0n) is 9.26. The first kappa shape index (κ1) is 14.2. The Morgan fingerprint density at radius 2 is 2.29 bits per heavy atom. The number of halogens is 1. The molecule has 1 atom stereocenters. The lowest BCUT2D eigenvalue weighted by molar-refractivity contribution is 0.164.